The first-order valence-electron chi connectivity index (χ1n) is 9.98. The summed E-state index contributed by atoms with van der Waals surface area (Å²) in [4.78, 5) is 49.7. The number of carbonyl (C=O) groups is 3. The molecule has 2 aromatic rings. The van der Waals surface area contributed by atoms with Crippen LogP contribution in [0.5, 0.6) is 0 Å². The zero-order chi connectivity index (χ0) is 23.7. The molecule has 3 atom stereocenters. The van der Waals surface area contributed by atoms with E-state index in [2.05, 4.69) is 5.32 Å². The Morgan fingerprint density at radius 3 is 2.45 bits per heavy atom. The lowest BCUT2D eigenvalue weighted by Gasteiger charge is -2.44. The minimum atomic E-state index is -1.20. The minimum absolute atomic E-state index is 0.0661. The number of ether oxygens (including phenoxy) is 1. The van der Waals surface area contributed by atoms with Gasteiger partial charge in [-0.15, -0.1) is 0 Å². The van der Waals surface area contributed by atoms with Crippen molar-refractivity contribution in [2.75, 3.05) is 0 Å². The maximum absolute atomic E-state index is 12.7. The summed E-state index contributed by atoms with van der Waals surface area (Å²) in [6.07, 6.45) is -0.834. The molecule has 170 valence electrons. The zero-order valence-electron chi connectivity index (χ0n) is 17.3. The van der Waals surface area contributed by atoms with E-state index < -0.39 is 35.0 Å². The Labute approximate surface area is 192 Å². The van der Waals surface area contributed by atoms with Crippen molar-refractivity contribution in [3.8, 4) is 0 Å². The molecule has 2 aromatic carbocycles. The number of hydrogen-bond donors (Lipinski definition) is 2. The first-order valence-corrected chi connectivity index (χ1v) is 10.8. The molecule has 2 heterocycles. The van der Waals surface area contributed by atoms with Crippen LogP contribution in [0.25, 0.3) is 0 Å². The first kappa shape index (κ1) is 22.3. The molecular formula is C22H19N3O7S. The van der Waals surface area contributed by atoms with Crippen molar-refractivity contribution in [2.45, 2.75) is 30.5 Å². The maximum Gasteiger partial charge on any atom is 0.408 e. The second-order valence-electron chi connectivity index (χ2n) is 7.54. The third kappa shape index (κ3) is 4.27. The van der Waals surface area contributed by atoms with Gasteiger partial charge in [-0.2, -0.15) is 0 Å². The third-order valence-corrected chi connectivity index (χ3v) is 6.80. The number of aliphatic carboxylic acids is 1. The highest BCUT2D eigenvalue weighted by Gasteiger charge is 2.59. The quantitative estimate of drug-likeness (QED) is 0.358. The molecule has 0 unspecified atom stereocenters. The number of β-lactam (4-membered cyclic amide) rings is 1. The number of alkyl carbamates (subject to hydrolysis) is 1. The van der Waals surface area contributed by atoms with Gasteiger partial charge in [0.2, 0.25) is 0 Å². The van der Waals surface area contributed by atoms with E-state index in [1.165, 1.54) is 40.9 Å². The van der Waals surface area contributed by atoms with Gasteiger partial charge in [-0.3, -0.25) is 19.8 Å². The molecule has 0 aliphatic carbocycles. The monoisotopic (exact) mass is 469 g/mol. The summed E-state index contributed by atoms with van der Waals surface area (Å²) in [5.74, 6) is -2.02. The Morgan fingerprint density at radius 2 is 1.85 bits per heavy atom. The van der Waals surface area contributed by atoms with Crippen LogP contribution in [0.15, 0.2) is 70.1 Å². The number of carbonyl (C=O) groups excluding carboxylic acids is 2. The molecule has 1 fully saturated rings. The largest absolute Gasteiger partial charge is 0.477 e. The summed E-state index contributed by atoms with van der Waals surface area (Å²) in [7, 11) is 0. The molecule has 1 saturated heterocycles. The molecular weight excluding hydrogens is 450 g/mol. The van der Waals surface area contributed by atoms with Gasteiger partial charge >= 0.3 is 12.1 Å². The molecule has 0 saturated carbocycles. The molecule has 33 heavy (non-hydrogen) atoms. The SMILES string of the molecule is C[C@H]1C(Sc2ccccc2)=C(C(=O)O)N2C(=O)[C@H](NC(=O)OCc3ccc([N+](=O)[O-])cc3)[C@@H]12. The summed E-state index contributed by atoms with van der Waals surface area (Å²) in [5, 5.41) is 23.0. The van der Waals surface area contributed by atoms with Crippen LogP contribution in [0.1, 0.15) is 12.5 Å². The Hall–Kier alpha value is -3.86. The van der Waals surface area contributed by atoms with Crippen molar-refractivity contribution < 1.29 is 29.2 Å². The second kappa shape index (κ2) is 8.94. The number of nitro benzene ring substituents is 1. The van der Waals surface area contributed by atoms with Crippen LogP contribution in [-0.4, -0.2) is 45.0 Å². The van der Waals surface area contributed by atoms with Crippen LogP contribution >= 0.6 is 11.8 Å². The second-order valence-corrected chi connectivity index (χ2v) is 8.66. The number of fused-ring (bicyclic) bond motifs is 1. The Morgan fingerprint density at radius 1 is 1.18 bits per heavy atom. The van der Waals surface area contributed by atoms with Gasteiger partial charge in [0.25, 0.3) is 11.6 Å². The van der Waals surface area contributed by atoms with Crippen molar-refractivity contribution in [1.82, 2.24) is 10.2 Å². The van der Waals surface area contributed by atoms with E-state index in [1.807, 2.05) is 37.3 Å². The fourth-order valence-electron chi connectivity index (χ4n) is 3.91. The molecule has 4 rings (SSSR count). The molecule has 10 nitrogen and oxygen atoms in total. The van der Waals surface area contributed by atoms with E-state index >= 15 is 0 Å². The lowest BCUT2D eigenvalue weighted by molar-refractivity contribution is -0.384. The fourth-order valence-corrected chi connectivity index (χ4v) is 5.07. The lowest BCUT2D eigenvalue weighted by Crippen LogP contribution is -2.70. The van der Waals surface area contributed by atoms with Crippen molar-refractivity contribution in [2.24, 2.45) is 5.92 Å². The molecule has 2 amide bonds. The molecule has 11 heteroatoms. The highest BCUT2D eigenvalue weighted by Crippen LogP contribution is 2.49. The van der Waals surface area contributed by atoms with Gasteiger partial charge in [0.1, 0.15) is 18.3 Å². The van der Waals surface area contributed by atoms with E-state index in [1.54, 1.807) is 0 Å². The Bertz CT molecular complexity index is 1150. The van der Waals surface area contributed by atoms with Crippen molar-refractivity contribution in [1.29, 1.82) is 0 Å². The highest BCUT2D eigenvalue weighted by molar-refractivity contribution is 8.03. The van der Waals surface area contributed by atoms with Gasteiger partial charge in [-0.25, -0.2) is 9.59 Å². The highest BCUT2D eigenvalue weighted by atomic mass is 32.2. The summed E-state index contributed by atoms with van der Waals surface area (Å²) >= 11 is 1.29. The average molecular weight is 469 g/mol. The van der Waals surface area contributed by atoms with Crippen LogP contribution in [0.3, 0.4) is 0 Å². The van der Waals surface area contributed by atoms with Crippen LogP contribution in [0, 0.1) is 16.0 Å². The van der Waals surface area contributed by atoms with E-state index in [0.29, 0.717) is 10.5 Å². The van der Waals surface area contributed by atoms with Gasteiger partial charge in [-0.05, 0) is 29.8 Å². The average Bonchev–Trinajstić information content (AvgIpc) is 3.06. The summed E-state index contributed by atoms with van der Waals surface area (Å²) in [6, 6.07) is 13.3. The number of carboxylic acids is 1. The normalized spacial score (nSPS) is 21.3. The molecule has 2 aliphatic heterocycles. The molecule has 0 radical (unpaired) electrons. The summed E-state index contributed by atoms with van der Waals surface area (Å²) in [5.41, 5.74) is 0.399. The van der Waals surface area contributed by atoms with Crippen LogP contribution < -0.4 is 5.32 Å². The lowest BCUT2D eigenvalue weighted by atomic mass is 9.88. The van der Waals surface area contributed by atoms with Crippen LogP contribution in [-0.2, 0) is 20.9 Å². The number of amides is 2. The minimum Gasteiger partial charge on any atom is -0.477 e. The number of non-ortho nitro benzene ring substituents is 1. The number of nitrogens with one attached hydrogen (secondary N) is 1. The van der Waals surface area contributed by atoms with Crippen molar-refractivity contribution in [3.63, 3.8) is 0 Å². The number of nitrogens with zero attached hydrogens (tertiary/aromatic N) is 2. The number of carboxylic acid groups (broad SMARTS) is 1. The standard InChI is InChI=1S/C22H19N3O7S/c1-12-17-16(23-22(29)32-11-13-7-9-14(10-8-13)25(30)31)20(26)24(17)18(21(27)28)19(12)33-15-5-3-2-4-6-15/h2-10,12,16-17H,11H2,1H3,(H,23,29)(H,27,28)/t12-,16-,17-/m1/s1. The molecule has 0 bridgehead atoms. The van der Waals surface area contributed by atoms with E-state index in [9.17, 15) is 29.6 Å². The predicted octanol–water partition coefficient (Wildman–Crippen LogP) is 3.14. The smallest absolute Gasteiger partial charge is 0.408 e. The maximum atomic E-state index is 12.7. The number of rotatable bonds is 7. The van der Waals surface area contributed by atoms with Gasteiger partial charge in [0.15, 0.2) is 0 Å². The number of nitro groups is 1. The van der Waals surface area contributed by atoms with Gasteiger partial charge < -0.3 is 15.2 Å². The summed E-state index contributed by atoms with van der Waals surface area (Å²) in [6.45, 7) is 1.69. The molecule has 0 aromatic heterocycles. The number of benzene rings is 2. The van der Waals surface area contributed by atoms with Crippen LogP contribution in [0.4, 0.5) is 10.5 Å². The first-order chi connectivity index (χ1) is 15.8. The molecule has 2 aliphatic rings. The third-order valence-electron chi connectivity index (χ3n) is 5.51. The molecule has 2 N–H and O–H groups in total. The van der Waals surface area contributed by atoms with E-state index in [-0.39, 0.29) is 23.9 Å². The Balaban J connectivity index is 1.41. The zero-order valence-corrected chi connectivity index (χ0v) is 18.2. The number of thioether (sulfide) groups is 1. The fraction of sp³-hybridized carbons (Fsp3) is 0.227. The van der Waals surface area contributed by atoms with Gasteiger partial charge in [0, 0.05) is 27.9 Å². The topological polar surface area (TPSA) is 139 Å². The van der Waals surface area contributed by atoms with Crippen molar-refractivity contribution in [3.05, 3.63) is 80.9 Å². The Kier molecular flexibility index (Phi) is 6.05. The van der Waals surface area contributed by atoms with Crippen molar-refractivity contribution >= 4 is 35.4 Å². The van der Waals surface area contributed by atoms with Gasteiger partial charge in [0.05, 0.1) is 11.0 Å². The molecule has 0 spiro atoms. The van der Waals surface area contributed by atoms with E-state index in [4.69, 9.17) is 4.74 Å². The van der Waals surface area contributed by atoms with Gasteiger partial charge in [-0.1, -0.05) is 36.9 Å². The summed E-state index contributed by atoms with van der Waals surface area (Å²) < 4.78 is 5.14. The predicted molar refractivity (Wildman–Crippen MR) is 117 cm³/mol. The van der Waals surface area contributed by atoms with Crippen LogP contribution in [0.2, 0.25) is 0 Å². The van der Waals surface area contributed by atoms with E-state index in [0.717, 1.165) is 4.90 Å². The number of hydrogen-bond acceptors (Lipinski definition) is 7.